The average Bonchev–Trinajstić information content (AvgIpc) is 2.55. The average molecular weight is 306 g/mol. The van der Waals surface area contributed by atoms with Crippen LogP contribution in [0.25, 0.3) is 0 Å². The van der Waals surface area contributed by atoms with E-state index in [2.05, 4.69) is 34.5 Å². The van der Waals surface area contributed by atoms with E-state index in [-0.39, 0.29) is 0 Å². The van der Waals surface area contributed by atoms with Gasteiger partial charge in [-0.2, -0.15) is 0 Å². The van der Waals surface area contributed by atoms with E-state index in [0.29, 0.717) is 0 Å². The smallest absolute Gasteiger partial charge is 0.169 e. The molecule has 0 aliphatic carbocycles. The molecule has 1 aromatic rings. The normalized spacial score (nSPS) is 19.1. The van der Waals surface area contributed by atoms with Gasteiger partial charge in [-0.3, -0.25) is 0 Å². The van der Waals surface area contributed by atoms with Crippen molar-refractivity contribution in [3.63, 3.8) is 0 Å². The lowest BCUT2D eigenvalue weighted by molar-refractivity contribution is -0.906. The maximum Gasteiger partial charge on any atom is 0.169 e. The van der Waals surface area contributed by atoms with E-state index >= 15 is 0 Å². The summed E-state index contributed by atoms with van der Waals surface area (Å²) in [5.74, 6) is 0. The minimum atomic E-state index is 0.892. The fourth-order valence-corrected chi connectivity index (χ4v) is 3.30. The first-order valence-electron chi connectivity index (χ1n) is 7.84. The van der Waals surface area contributed by atoms with Crippen LogP contribution < -0.4 is 10.2 Å². The minimum absolute atomic E-state index is 0.892. The van der Waals surface area contributed by atoms with E-state index in [0.717, 1.165) is 64.0 Å². The van der Waals surface area contributed by atoms with Crippen molar-refractivity contribution in [2.24, 2.45) is 0 Å². The van der Waals surface area contributed by atoms with Crippen molar-refractivity contribution in [2.45, 2.75) is 13.0 Å². The van der Waals surface area contributed by atoms with E-state index in [1.54, 1.807) is 4.90 Å². The van der Waals surface area contributed by atoms with Crippen LogP contribution in [0.3, 0.4) is 0 Å². The molecule has 2 N–H and O–H groups in total. The van der Waals surface area contributed by atoms with Crippen LogP contribution in [-0.4, -0.2) is 55.9 Å². The molecule has 1 saturated heterocycles. The summed E-state index contributed by atoms with van der Waals surface area (Å²) in [6, 6.07) is 8.67. The molecule has 2 heterocycles. The number of benzene rings is 1. The summed E-state index contributed by atoms with van der Waals surface area (Å²) in [7, 11) is 0. The number of ether oxygens (including phenoxy) is 1. The number of fused-ring (bicyclic) bond motifs is 1. The van der Waals surface area contributed by atoms with Gasteiger partial charge in [0.25, 0.3) is 0 Å². The van der Waals surface area contributed by atoms with Gasteiger partial charge in [-0.15, -0.1) is 0 Å². The summed E-state index contributed by atoms with van der Waals surface area (Å²) in [6.07, 6.45) is 1.09. The molecular weight excluding hydrogens is 282 g/mol. The molecule has 0 saturated carbocycles. The number of nitrogens with one attached hydrogen (secondary N) is 2. The topological polar surface area (TPSA) is 28.9 Å². The van der Waals surface area contributed by atoms with Crippen LogP contribution in [0, 0.1) is 0 Å². The molecule has 0 spiro atoms. The largest absolute Gasteiger partial charge is 0.370 e. The molecule has 5 heteroatoms. The fourth-order valence-electron chi connectivity index (χ4n) is 3.04. The van der Waals surface area contributed by atoms with Gasteiger partial charge in [0.1, 0.15) is 13.1 Å². The molecule has 4 nitrogen and oxygen atoms in total. The van der Waals surface area contributed by atoms with Gasteiger partial charge >= 0.3 is 0 Å². The van der Waals surface area contributed by atoms with E-state index in [9.17, 15) is 0 Å². The zero-order valence-corrected chi connectivity index (χ0v) is 13.3. The Kier molecular flexibility index (Phi) is 5.06. The van der Waals surface area contributed by atoms with Crippen LogP contribution in [0.1, 0.15) is 11.1 Å². The van der Waals surface area contributed by atoms with Gasteiger partial charge in [-0.1, -0.05) is 24.3 Å². The van der Waals surface area contributed by atoms with Gasteiger partial charge in [0.2, 0.25) is 0 Å². The highest BCUT2D eigenvalue weighted by Crippen LogP contribution is 2.18. The van der Waals surface area contributed by atoms with Crippen LogP contribution in [0.5, 0.6) is 0 Å². The summed E-state index contributed by atoms with van der Waals surface area (Å²) in [4.78, 5) is 3.90. The predicted molar refractivity (Wildman–Crippen MR) is 87.5 cm³/mol. The Morgan fingerprint density at radius 3 is 2.81 bits per heavy atom. The number of rotatable bonds is 3. The first kappa shape index (κ1) is 14.8. The lowest BCUT2D eigenvalue weighted by Crippen LogP contribution is -3.14. The molecule has 2 aliphatic rings. The van der Waals surface area contributed by atoms with Gasteiger partial charge in [0.05, 0.1) is 26.3 Å². The molecule has 0 aromatic heterocycles. The minimum Gasteiger partial charge on any atom is -0.370 e. The Morgan fingerprint density at radius 2 is 2.00 bits per heavy atom. The van der Waals surface area contributed by atoms with Gasteiger partial charge in [0.15, 0.2) is 5.11 Å². The highest BCUT2D eigenvalue weighted by molar-refractivity contribution is 7.80. The van der Waals surface area contributed by atoms with Crippen molar-refractivity contribution < 1.29 is 9.64 Å². The Morgan fingerprint density at radius 1 is 1.24 bits per heavy atom. The van der Waals surface area contributed by atoms with Gasteiger partial charge in [-0.05, 0) is 29.8 Å². The van der Waals surface area contributed by atoms with Gasteiger partial charge in [0, 0.05) is 13.1 Å². The zero-order chi connectivity index (χ0) is 14.5. The number of hydrogen-bond donors (Lipinski definition) is 2. The van der Waals surface area contributed by atoms with Crippen molar-refractivity contribution in [2.75, 3.05) is 45.9 Å². The molecule has 0 bridgehead atoms. The van der Waals surface area contributed by atoms with Crippen LogP contribution in [0.15, 0.2) is 24.3 Å². The second kappa shape index (κ2) is 7.20. The van der Waals surface area contributed by atoms with Gasteiger partial charge < -0.3 is 19.9 Å². The molecule has 3 rings (SSSR count). The third-order valence-electron chi connectivity index (χ3n) is 4.37. The van der Waals surface area contributed by atoms with Crippen molar-refractivity contribution in [1.29, 1.82) is 0 Å². The Bertz CT molecular complexity index is 488. The number of thiocarbonyl (C=S) groups is 1. The van der Waals surface area contributed by atoms with E-state index in [1.165, 1.54) is 11.1 Å². The Hall–Kier alpha value is -1.17. The molecule has 0 atom stereocenters. The maximum absolute atomic E-state index is 5.55. The molecule has 1 fully saturated rings. The monoisotopic (exact) mass is 306 g/mol. The van der Waals surface area contributed by atoms with Crippen LogP contribution in [0.4, 0.5) is 0 Å². The molecule has 0 amide bonds. The summed E-state index contributed by atoms with van der Waals surface area (Å²) < 4.78 is 5.38. The van der Waals surface area contributed by atoms with Crippen molar-refractivity contribution in [3.05, 3.63) is 35.4 Å². The van der Waals surface area contributed by atoms with Crippen LogP contribution in [0.2, 0.25) is 0 Å². The van der Waals surface area contributed by atoms with Gasteiger partial charge in [-0.25, -0.2) is 0 Å². The Labute approximate surface area is 132 Å². The first-order chi connectivity index (χ1) is 10.3. The standard InChI is InChI=1S/C16H23N3OS/c21-16(17-6-8-18-9-11-20-12-10-18)19-7-5-14-3-1-2-4-15(14)13-19/h1-4H,5-13H2,(H,17,21)/p+1. The quantitative estimate of drug-likeness (QED) is 0.759. The molecule has 2 aliphatic heterocycles. The summed E-state index contributed by atoms with van der Waals surface area (Å²) in [5.41, 5.74) is 2.88. The second-order valence-electron chi connectivity index (χ2n) is 5.78. The van der Waals surface area contributed by atoms with Crippen LogP contribution in [-0.2, 0) is 17.7 Å². The lowest BCUT2D eigenvalue weighted by Gasteiger charge is -2.31. The second-order valence-corrected chi connectivity index (χ2v) is 6.17. The molecular formula is C16H24N3OS+. The Balaban J connectivity index is 1.44. The predicted octanol–water partition coefficient (Wildman–Crippen LogP) is -0.166. The summed E-state index contributed by atoms with van der Waals surface area (Å²) >= 11 is 5.55. The summed E-state index contributed by atoms with van der Waals surface area (Å²) in [5, 5.41) is 4.33. The summed E-state index contributed by atoms with van der Waals surface area (Å²) in [6.45, 7) is 8.04. The molecule has 114 valence electrons. The van der Waals surface area contributed by atoms with Crippen molar-refractivity contribution in [3.8, 4) is 0 Å². The van der Waals surface area contributed by atoms with E-state index < -0.39 is 0 Å². The van der Waals surface area contributed by atoms with Crippen LogP contribution >= 0.6 is 12.2 Å². The van der Waals surface area contributed by atoms with E-state index in [1.807, 2.05) is 0 Å². The number of nitrogens with zero attached hydrogens (tertiary/aromatic N) is 1. The molecule has 21 heavy (non-hydrogen) atoms. The highest BCUT2D eigenvalue weighted by atomic mass is 32.1. The molecule has 0 radical (unpaired) electrons. The number of quaternary nitrogens is 1. The highest BCUT2D eigenvalue weighted by Gasteiger charge is 2.18. The third kappa shape index (κ3) is 3.93. The molecule has 1 aromatic carbocycles. The third-order valence-corrected chi connectivity index (χ3v) is 4.78. The zero-order valence-electron chi connectivity index (χ0n) is 12.4. The molecule has 0 unspecified atom stereocenters. The van der Waals surface area contributed by atoms with E-state index in [4.69, 9.17) is 17.0 Å². The number of hydrogen-bond acceptors (Lipinski definition) is 2. The SMILES string of the molecule is S=C(NCC[NH+]1CCOCC1)N1CCc2ccccc2C1. The fraction of sp³-hybridized carbons (Fsp3) is 0.562. The van der Waals surface area contributed by atoms with Crippen molar-refractivity contribution >= 4 is 17.3 Å². The lowest BCUT2D eigenvalue weighted by atomic mass is 10.0. The van der Waals surface area contributed by atoms with Crippen molar-refractivity contribution in [1.82, 2.24) is 10.2 Å². The number of morpholine rings is 1. The first-order valence-corrected chi connectivity index (χ1v) is 8.24. The maximum atomic E-state index is 5.55.